The van der Waals surface area contributed by atoms with E-state index in [4.69, 9.17) is 14.2 Å². The molecule has 0 aliphatic carbocycles. The topological polar surface area (TPSA) is 115 Å². The highest BCUT2D eigenvalue weighted by Crippen LogP contribution is 2.09. The number of Topliss-reactive ketones (excluding diaryl/α,β-unsaturated/α-hetero) is 1. The van der Waals surface area contributed by atoms with Crippen LogP contribution in [0.3, 0.4) is 0 Å². The summed E-state index contributed by atoms with van der Waals surface area (Å²) in [6.07, 6.45) is 0. The van der Waals surface area contributed by atoms with Gasteiger partial charge in [0.25, 0.3) is 0 Å². The van der Waals surface area contributed by atoms with E-state index in [-0.39, 0.29) is 37.4 Å². The largest absolute Gasteiger partial charge is 0.378 e. The molecular formula is C19H29N3O6. The molecule has 1 rings (SSSR count). The molecule has 0 aliphatic heterocycles. The molecule has 1 aromatic rings. The van der Waals surface area contributed by atoms with Crippen molar-refractivity contribution in [2.24, 2.45) is 0 Å². The molecule has 0 aromatic heterocycles. The normalized spacial score (nSPS) is 10.5. The van der Waals surface area contributed by atoms with Crippen LogP contribution in [0.25, 0.3) is 0 Å². The summed E-state index contributed by atoms with van der Waals surface area (Å²) in [5.41, 5.74) is 1.49. The highest BCUT2D eigenvalue weighted by Gasteiger charge is 2.05. The van der Waals surface area contributed by atoms with Gasteiger partial charge >= 0.3 is 0 Å². The third-order valence-corrected chi connectivity index (χ3v) is 3.37. The lowest BCUT2D eigenvalue weighted by Crippen LogP contribution is -2.28. The van der Waals surface area contributed by atoms with Crippen molar-refractivity contribution < 1.29 is 28.6 Å². The van der Waals surface area contributed by atoms with Crippen LogP contribution < -0.4 is 16.0 Å². The van der Waals surface area contributed by atoms with Gasteiger partial charge in [0.15, 0.2) is 5.78 Å². The SMILES string of the molecule is CNCCOCCOCC(=O)NCc1ccc(NC(=O)COCC(C)=O)cc1. The number of nitrogens with one attached hydrogen (secondary N) is 3. The van der Waals surface area contributed by atoms with Crippen LogP contribution in [-0.2, 0) is 35.1 Å². The van der Waals surface area contributed by atoms with Gasteiger partial charge in [-0.2, -0.15) is 0 Å². The Morgan fingerprint density at radius 2 is 1.54 bits per heavy atom. The molecule has 0 atom stereocenters. The van der Waals surface area contributed by atoms with Crippen molar-refractivity contribution in [2.75, 3.05) is 58.6 Å². The molecule has 0 saturated heterocycles. The Morgan fingerprint density at radius 3 is 2.21 bits per heavy atom. The fourth-order valence-corrected chi connectivity index (χ4v) is 2.00. The van der Waals surface area contributed by atoms with Crippen LogP contribution in [0, 0.1) is 0 Å². The molecule has 0 saturated carbocycles. The Kier molecular flexibility index (Phi) is 12.4. The van der Waals surface area contributed by atoms with Crippen LogP contribution in [0.15, 0.2) is 24.3 Å². The number of rotatable bonds is 15. The minimum atomic E-state index is -0.339. The Balaban J connectivity index is 2.17. The number of benzene rings is 1. The maximum atomic E-state index is 11.7. The molecule has 9 heteroatoms. The summed E-state index contributed by atoms with van der Waals surface area (Å²) >= 11 is 0. The fraction of sp³-hybridized carbons (Fsp3) is 0.526. The number of anilines is 1. The molecular weight excluding hydrogens is 366 g/mol. The van der Waals surface area contributed by atoms with Crippen molar-refractivity contribution >= 4 is 23.3 Å². The van der Waals surface area contributed by atoms with Crippen LogP contribution in [0.2, 0.25) is 0 Å². The van der Waals surface area contributed by atoms with Gasteiger partial charge in [-0.1, -0.05) is 12.1 Å². The van der Waals surface area contributed by atoms with E-state index in [1.54, 1.807) is 24.3 Å². The third kappa shape index (κ3) is 12.1. The van der Waals surface area contributed by atoms with E-state index < -0.39 is 0 Å². The molecule has 1 aromatic carbocycles. The lowest BCUT2D eigenvalue weighted by Gasteiger charge is -2.09. The van der Waals surface area contributed by atoms with Crippen molar-refractivity contribution in [3.63, 3.8) is 0 Å². The van der Waals surface area contributed by atoms with Crippen molar-refractivity contribution in [2.45, 2.75) is 13.5 Å². The molecule has 0 fully saturated rings. The molecule has 0 radical (unpaired) electrons. The first kappa shape index (κ1) is 23.7. The van der Waals surface area contributed by atoms with E-state index in [1.807, 2.05) is 7.05 Å². The van der Waals surface area contributed by atoms with Crippen LogP contribution >= 0.6 is 0 Å². The number of amides is 2. The van der Waals surface area contributed by atoms with Crippen molar-refractivity contribution in [1.82, 2.24) is 10.6 Å². The Labute approximate surface area is 165 Å². The molecule has 156 valence electrons. The highest BCUT2D eigenvalue weighted by atomic mass is 16.5. The fourth-order valence-electron chi connectivity index (χ4n) is 2.00. The summed E-state index contributed by atoms with van der Waals surface area (Å²) in [5, 5.41) is 8.38. The Bertz CT molecular complexity index is 606. The monoisotopic (exact) mass is 395 g/mol. The molecule has 0 heterocycles. The Hall–Kier alpha value is -2.33. The van der Waals surface area contributed by atoms with Gasteiger partial charge in [-0.3, -0.25) is 14.4 Å². The van der Waals surface area contributed by atoms with Crippen molar-refractivity contribution in [1.29, 1.82) is 0 Å². The number of ketones is 1. The van der Waals surface area contributed by atoms with Crippen LogP contribution in [-0.4, -0.2) is 70.8 Å². The van der Waals surface area contributed by atoms with Crippen LogP contribution in [0.4, 0.5) is 5.69 Å². The van der Waals surface area contributed by atoms with Crippen LogP contribution in [0.1, 0.15) is 12.5 Å². The molecule has 9 nitrogen and oxygen atoms in total. The third-order valence-electron chi connectivity index (χ3n) is 3.37. The summed E-state index contributed by atoms with van der Waals surface area (Å²) < 4.78 is 15.5. The molecule has 28 heavy (non-hydrogen) atoms. The first-order valence-electron chi connectivity index (χ1n) is 9.04. The zero-order valence-electron chi connectivity index (χ0n) is 16.4. The molecule has 0 unspecified atom stereocenters. The number of carbonyl (C=O) groups is 3. The van der Waals surface area contributed by atoms with E-state index in [9.17, 15) is 14.4 Å². The van der Waals surface area contributed by atoms with Gasteiger partial charge in [-0.25, -0.2) is 0 Å². The van der Waals surface area contributed by atoms with Gasteiger partial charge in [-0.05, 0) is 31.7 Å². The van der Waals surface area contributed by atoms with Crippen molar-refractivity contribution in [3.8, 4) is 0 Å². The lowest BCUT2D eigenvalue weighted by molar-refractivity contribution is -0.127. The van der Waals surface area contributed by atoms with Gasteiger partial charge in [-0.15, -0.1) is 0 Å². The van der Waals surface area contributed by atoms with Gasteiger partial charge in [0.05, 0.1) is 19.8 Å². The minimum Gasteiger partial charge on any atom is -0.378 e. The summed E-state index contributed by atoms with van der Waals surface area (Å²) in [6, 6.07) is 7.04. The average molecular weight is 395 g/mol. The second-order valence-electron chi connectivity index (χ2n) is 5.99. The minimum absolute atomic E-state index is 0.0240. The quantitative estimate of drug-likeness (QED) is 0.361. The smallest absolute Gasteiger partial charge is 0.250 e. The summed E-state index contributed by atoms with van der Waals surface area (Å²) in [7, 11) is 1.85. The predicted molar refractivity (Wildman–Crippen MR) is 104 cm³/mol. The number of hydrogen-bond acceptors (Lipinski definition) is 7. The van der Waals surface area contributed by atoms with E-state index in [0.717, 1.165) is 12.1 Å². The van der Waals surface area contributed by atoms with E-state index >= 15 is 0 Å². The second kappa shape index (κ2) is 14.7. The maximum Gasteiger partial charge on any atom is 0.250 e. The molecule has 2 amide bonds. The standard InChI is InChI=1S/C19H29N3O6/c1-15(23)12-28-14-19(25)22-17-5-3-16(4-6-17)11-21-18(24)13-27-10-9-26-8-7-20-2/h3-6,20H,7-14H2,1-2H3,(H,21,24)(H,22,25). The summed E-state index contributed by atoms with van der Waals surface area (Å²) in [4.78, 5) is 34.1. The van der Waals surface area contributed by atoms with Crippen LogP contribution in [0.5, 0.6) is 0 Å². The van der Waals surface area contributed by atoms with Crippen molar-refractivity contribution in [3.05, 3.63) is 29.8 Å². The van der Waals surface area contributed by atoms with Gasteiger partial charge < -0.3 is 30.2 Å². The number of hydrogen-bond donors (Lipinski definition) is 3. The number of ether oxygens (including phenoxy) is 3. The number of likely N-dealkylation sites (N-methyl/N-ethyl adjacent to an activating group) is 1. The Morgan fingerprint density at radius 1 is 0.857 bits per heavy atom. The lowest BCUT2D eigenvalue weighted by atomic mass is 10.2. The summed E-state index contributed by atoms with van der Waals surface area (Å²) in [6.45, 7) is 3.65. The first-order valence-corrected chi connectivity index (χ1v) is 9.04. The summed E-state index contributed by atoms with van der Waals surface area (Å²) in [5.74, 6) is -0.688. The molecule has 3 N–H and O–H groups in total. The van der Waals surface area contributed by atoms with Gasteiger partial charge in [0.1, 0.15) is 19.8 Å². The zero-order valence-corrected chi connectivity index (χ0v) is 16.4. The average Bonchev–Trinajstić information content (AvgIpc) is 2.66. The first-order chi connectivity index (χ1) is 13.5. The number of carbonyl (C=O) groups excluding carboxylic acids is 3. The predicted octanol–water partition coefficient (Wildman–Crippen LogP) is 0.0995. The van der Waals surface area contributed by atoms with Gasteiger partial charge in [0.2, 0.25) is 11.8 Å². The zero-order chi connectivity index (χ0) is 20.6. The van der Waals surface area contributed by atoms with E-state index in [2.05, 4.69) is 16.0 Å². The van der Waals surface area contributed by atoms with E-state index in [0.29, 0.717) is 32.1 Å². The molecule has 0 spiro atoms. The highest BCUT2D eigenvalue weighted by molar-refractivity contribution is 5.91. The van der Waals surface area contributed by atoms with E-state index in [1.165, 1.54) is 6.92 Å². The molecule has 0 aliphatic rings. The molecule has 0 bridgehead atoms. The van der Waals surface area contributed by atoms with Gasteiger partial charge in [0, 0.05) is 18.8 Å². The maximum absolute atomic E-state index is 11.7. The second-order valence-corrected chi connectivity index (χ2v) is 5.99.